The van der Waals surface area contributed by atoms with Crippen LogP contribution in [-0.2, 0) is 14.8 Å². The Morgan fingerprint density at radius 1 is 1.21 bits per heavy atom. The Labute approximate surface area is 171 Å². The standard InChI is InChI=1S/C19H29N3O4S2/c1-5-21(6-2)19(24)15-7-9-16(10-8-15)28(25,26)22-13-27-12-17(22)18(23)20-11-14(3)4/h7-10,14,17H,5-6,11-13H2,1-4H3,(H,20,23). The first-order chi connectivity index (χ1) is 13.2. The van der Waals surface area contributed by atoms with Crippen molar-refractivity contribution >= 4 is 33.6 Å². The molecule has 1 N–H and O–H groups in total. The van der Waals surface area contributed by atoms with Gasteiger partial charge in [0.25, 0.3) is 5.91 Å². The summed E-state index contributed by atoms with van der Waals surface area (Å²) in [6, 6.07) is 5.23. The average molecular weight is 428 g/mol. The van der Waals surface area contributed by atoms with E-state index in [0.717, 1.165) is 0 Å². The zero-order valence-corrected chi connectivity index (χ0v) is 18.5. The van der Waals surface area contributed by atoms with Crippen LogP contribution in [0.5, 0.6) is 0 Å². The summed E-state index contributed by atoms with van der Waals surface area (Å²) in [5, 5.41) is 2.82. The highest BCUT2D eigenvalue weighted by molar-refractivity contribution is 8.00. The summed E-state index contributed by atoms with van der Waals surface area (Å²) >= 11 is 1.42. The van der Waals surface area contributed by atoms with Crippen molar-refractivity contribution in [3.8, 4) is 0 Å². The monoisotopic (exact) mass is 427 g/mol. The van der Waals surface area contributed by atoms with Crippen molar-refractivity contribution < 1.29 is 18.0 Å². The van der Waals surface area contributed by atoms with Gasteiger partial charge in [0.15, 0.2) is 0 Å². The number of hydrogen-bond donors (Lipinski definition) is 1. The van der Waals surface area contributed by atoms with Crippen LogP contribution in [0.25, 0.3) is 0 Å². The lowest BCUT2D eigenvalue weighted by Gasteiger charge is -2.23. The van der Waals surface area contributed by atoms with E-state index in [1.54, 1.807) is 4.90 Å². The van der Waals surface area contributed by atoms with E-state index < -0.39 is 16.1 Å². The van der Waals surface area contributed by atoms with Gasteiger partial charge in [0, 0.05) is 31.0 Å². The first-order valence-corrected chi connectivity index (χ1v) is 12.1. The van der Waals surface area contributed by atoms with Crippen molar-refractivity contribution in [3.05, 3.63) is 29.8 Å². The highest BCUT2D eigenvalue weighted by Crippen LogP contribution is 2.28. The largest absolute Gasteiger partial charge is 0.354 e. The van der Waals surface area contributed by atoms with Crippen LogP contribution >= 0.6 is 11.8 Å². The number of carbonyl (C=O) groups is 2. The number of benzene rings is 1. The van der Waals surface area contributed by atoms with Gasteiger partial charge < -0.3 is 10.2 Å². The number of hydrogen-bond acceptors (Lipinski definition) is 5. The first-order valence-electron chi connectivity index (χ1n) is 9.49. The fourth-order valence-electron chi connectivity index (χ4n) is 2.89. The minimum Gasteiger partial charge on any atom is -0.354 e. The van der Waals surface area contributed by atoms with Gasteiger partial charge in [-0.2, -0.15) is 4.31 Å². The van der Waals surface area contributed by atoms with Crippen LogP contribution in [0.1, 0.15) is 38.1 Å². The van der Waals surface area contributed by atoms with E-state index in [0.29, 0.717) is 36.9 Å². The van der Waals surface area contributed by atoms with Gasteiger partial charge in [0.05, 0.1) is 10.8 Å². The Kier molecular flexibility index (Phi) is 7.91. The third-order valence-electron chi connectivity index (χ3n) is 4.59. The third kappa shape index (κ3) is 5.07. The summed E-state index contributed by atoms with van der Waals surface area (Å²) in [5.74, 6) is 0.565. The molecule has 2 rings (SSSR count). The molecule has 1 saturated heterocycles. The molecule has 1 aliphatic rings. The van der Waals surface area contributed by atoms with E-state index in [1.165, 1.54) is 40.3 Å². The van der Waals surface area contributed by atoms with Crippen molar-refractivity contribution in [1.82, 2.24) is 14.5 Å². The van der Waals surface area contributed by atoms with Gasteiger partial charge in [-0.05, 0) is 44.0 Å². The molecule has 0 aliphatic carbocycles. The summed E-state index contributed by atoms with van der Waals surface area (Å²) in [6.45, 7) is 9.46. The molecule has 9 heteroatoms. The number of amides is 2. The molecular weight excluding hydrogens is 398 g/mol. The van der Waals surface area contributed by atoms with Gasteiger partial charge in [-0.1, -0.05) is 13.8 Å². The van der Waals surface area contributed by atoms with E-state index >= 15 is 0 Å². The van der Waals surface area contributed by atoms with E-state index in [9.17, 15) is 18.0 Å². The predicted molar refractivity (Wildman–Crippen MR) is 112 cm³/mol. The summed E-state index contributed by atoms with van der Waals surface area (Å²) in [6.07, 6.45) is 0. The third-order valence-corrected chi connectivity index (χ3v) is 7.63. The number of sulfonamides is 1. The number of nitrogens with zero attached hydrogens (tertiary/aromatic N) is 2. The smallest absolute Gasteiger partial charge is 0.253 e. The van der Waals surface area contributed by atoms with Crippen molar-refractivity contribution in [3.63, 3.8) is 0 Å². The molecule has 0 saturated carbocycles. The number of carbonyl (C=O) groups excluding carboxylic acids is 2. The molecule has 0 bridgehead atoms. The maximum absolute atomic E-state index is 13.1. The molecule has 156 valence electrons. The fraction of sp³-hybridized carbons (Fsp3) is 0.579. The Bertz CT molecular complexity index is 790. The zero-order valence-electron chi connectivity index (χ0n) is 16.8. The fourth-order valence-corrected chi connectivity index (χ4v) is 6.04. The van der Waals surface area contributed by atoms with Crippen LogP contribution in [0.15, 0.2) is 29.2 Å². The molecule has 1 aliphatic heterocycles. The predicted octanol–water partition coefficient (Wildman–Crippen LogP) is 2.00. The van der Waals surface area contributed by atoms with E-state index in [4.69, 9.17) is 0 Å². The lowest BCUT2D eigenvalue weighted by molar-refractivity contribution is -0.123. The minimum atomic E-state index is -3.82. The molecule has 0 radical (unpaired) electrons. The molecule has 1 aromatic rings. The lowest BCUT2D eigenvalue weighted by Crippen LogP contribution is -2.47. The number of thioether (sulfide) groups is 1. The molecule has 7 nitrogen and oxygen atoms in total. The van der Waals surface area contributed by atoms with Crippen LogP contribution < -0.4 is 5.32 Å². The van der Waals surface area contributed by atoms with Crippen molar-refractivity contribution in [2.75, 3.05) is 31.3 Å². The van der Waals surface area contributed by atoms with Gasteiger partial charge >= 0.3 is 0 Å². The highest BCUT2D eigenvalue weighted by atomic mass is 32.2. The molecule has 2 amide bonds. The summed E-state index contributed by atoms with van der Waals surface area (Å²) in [7, 11) is -3.82. The quantitative estimate of drug-likeness (QED) is 0.686. The maximum atomic E-state index is 13.1. The Morgan fingerprint density at radius 3 is 2.36 bits per heavy atom. The average Bonchev–Trinajstić information content (AvgIpc) is 3.18. The number of rotatable bonds is 8. The second kappa shape index (κ2) is 9.76. The van der Waals surface area contributed by atoms with Crippen LogP contribution in [0.4, 0.5) is 0 Å². The maximum Gasteiger partial charge on any atom is 0.253 e. The molecule has 1 unspecified atom stereocenters. The second-order valence-electron chi connectivity index (χ2n) is 7.05. The van der Waals surface area contributed by atoms with E-state index in [-0.39, 0.29) is 22.6 Å². The van der Waals surface area contributed by atoms with Gasteiger partial charge in [-0.3, -0.25) is 9.59 Å². The van der Waals surface area contributed by atoms with Crippen molar-refractivity contribution in [2.24, 2.45) is 5.92 Å². The molecular formula is C19H29N3O4S2. The van der Waals surface area contributed by atoms with E-state index in [1.807, 2.05) is 27.7 Å². The van der Waals surface area contributed by atoms with Gasteiger partial charge in [-0.25, -0.2) is 8.42 Å². The molecule has 0 spiro atoms. The van der Waals surface area contributed by atoms with Crippen molar-refractivity contribution in [2.45, 2.75) is 38.6 Å². The minimum absolute atomic E-state index is 0.0905. The molecule has 1 aromatic carbocycles. The van der Waals surface area contributed by atoms with Crippen LogP contribution in [0.2, 0.25) is 0 Å². The van der Waals surface area contributed by atoms with Gasteiger partial charge in [0.2, 0.25) is 15.9 Å². The lowest BCUT2D eigenvalue weighted by atomic mass is 10.2. The molecule has 1 heterocycles. The van der Waals surface area contributed by atoms with Crippen molar-refractivity contribution in [1.29, 1.82) is 0 Å². The molecule has 1 atom stereocenters. The highest BCUT2D eigenvalue weighted by Gasteiger charge is 2.40. The molecule has 0 aromatic heterocycles. The Morgan fingerprint density at radius 2 is 1.82 bits per heavy atom. The summed E-state index contributed by atoms with van der Waals surface area (Å²) in [5.41, 5.74) is 0.449. The van der Waals surface area contributed by atoms with Gasteiger partial charge in [0.1, 0.15) is 6.04 Å². The zero-order chi connectivity index (χ0) is 20.9. The molecule has 28 heavy (non-hydrogen) atoms. The summed E-state index contributed by atoms with van der Waals surface area (Å²) in [4.78, 5) is 26.6. The Balaban J connectivity index is 2.19. The van der Waals surface area contributed by atoms with Crippen LogP contribution in [0, 0.1) is 5.92 Å². The second-order valence-corrected chi connectivity index (χ2v) is 9.94. The Hall–Kier alpha value is -1.58. The van der Waals surface area contributed by atoms with E-state index in [2.05, 4.69) is 5.32 Å². The number of nitrogens with one attached hydrogen (secondary N) is 1. The SMILES string of the molecule is CCN(CC)C(=O)c1ccc(S(=O)(=O)N2CSCC2C(=O)NCC(C)C)cc1. The normalized spacial score (nSPS) is 17.7. The topological polar surface area (TPSA) is 86.8 Å². The summed E-state index contributed by atoms with van der Waals surface area (Å²) < 4.78 is 27.3. The first kappa shape index (κ1) is 22.7. The van der Waals surface area contributed by atoms with Gasteiger partial charge in [-0.15, -0.1) is 11.8 Å². The van der Waals surface area contributed by atoms with Crippen LogP contribution in [0.3, 0.4) is 0 Å². The molecule has 1 fully saturated rings. The van der Waals surface area contributed by atoms with Crippen LogP contribution in [-0.4, -0.2) is 66.7 Å².